The number of rotatable bonds is 8. The Labute approximate surface area is 114 Å². The number of likely N-dealkylation sites (N-methyl/N-ethyl adjacent to an activating group) is 1. The quantitative estimate of drug-likeness (QED) is 0.743. The molecule has 0 unspecified atom stereocenters. The number of ether oxygens (including phenoxy) is 1. The minimum Gasteiger partial charge on any atom is -0.484 e. The molecule has 106 valence electrons. The number of carbonyl (C=O) groups excluding carboxylic acids is 1. The second kappa shape index (κ2) is 8.37. The van der Waals surface area contributed by atoms with Crippen LogP contribution in [0.2, 0.25) is 0 Å². The van der Waals surface area contributed by atoms with Gasteiger partial charge in [0.1, 0.15) is 5.75 Å². The van der Waals surface area contributed by atoms with Gasteiger partial charge in [0.2, 0.25) is 0 Å². The normalized spacial score (nSPS) is 10.1. The maximum Gasteiger partial charge on any atom is 0.260 e. The Morgan fingerprint density at radius 2 is 1.89 bits per heavy atom. The fourth-order valence-corrected chi connectivity index (χ4v) is 1.70. The van der Waals surface area contributed by atoms with Gasteiger partial charge < -0.3 is 20.7 Å². The van der Waals surface area contributed by atoms with Crippen LogP contribution in [0.4, 0.5) is 5.69 Å². The highest BCUT2D eigenvalue weighted by molar-refractivity contribution is 5.77. The smallest absolute Gasteiger partial charge is 0.260 e. The number of nitrogens with one attached hydrogen (secondary N) is 1. The molecule has 0 aromatic heterocycles. The van der Waals surface area contributed by atoms with E-state index in [1.54, 1.807) is 4.90 Å². The standard InChI is InChI=1S/C14H23N3O2/c1-3-17(4-2)14(18)11-19-13-7-5-12(6-8-13)16-10-9-15/h5-8,16H,3-4,9-11,15H2,1-2H3. The SMILES string of the molecule is CCN(CC)C(=O)COc1ccc(NCCN)cc1. The number of amides is 1. The van der Waals surface area contributed by atoms with Crippen molar-refractivity contribution in [3.05, 3.63) is 24.3 Å². The Morgan fingerprint density at radius 1 is 1.26 bits per heavy atom. The van der Waals surface area contributed by atoms with Crippen molar-refractivity contribution in [2.75, 3.05) is 38.1 Å². The van der Waals surface area contributed by atoms with Gasteiger partial charge in [0.15, 0.2) is 6.61 Å². The van der Waals surface area contributed by atoms with Crippen molar-refractivity contribution in [3.8, 4) is 5.75 Å². The molecular weight excluding hydrogens is 242 g/mol. The van der Waals surface area contributed by atoms with Gasteiger partial charge in [0.25, 0.3) is 5.91 Å². The summed E-state index contributed by atoms with van der Waals surface area (Å²) in [6.45, 7) is 6.74. The van der Waals surface area contributed by atoms with E-state index in [1.807, 2.05) is 38.1 Å². The van der Waals surface area contributed by atoms with E-state index in [0.717, 1.165) is 12.2 Å². The Balaban J connectivity index is 2.43. The third kappa shape index (κ3) is 5.18. The summed E-state index contributed by atoms with van der Waals surface area (Å²) >= 11 is 0. The molecule has 1 aromatic carbocycles. The zero-order valence-corrected chi connectivity index (χ0v) is 11.7. The molecule has 5 nitrogen and oxygen atoms in total. The van der Waals surface area contributed by atoms with Gasteiger partial charge in [-0.05, 0) is 38.1 Å². The van der Waals surface area contributed by atoms with Crippen LogP contribution >= 0.6 is 0 Å². The average Bonchev–Trinajstić information content (AvgIpc) is 2.45. The Morgan fingerprint density at radius 3 is 2.42 bits per heavy atom. The highest BCUT2D eigenvalue weighted by atomic mass is 16.5. The summed E-state index contributed by atoms with van der Waals surface area (Å²) in [7, 11) is 0. The van der Waals surface area contributed by atoms with Crippen molar-refractivity contribution < 1.29 is 9.53 Å². The number of benzene rings is 1. The van der Waals surface area contributed by atoms with Crippen LogP contribution < -0.4 is 15.8 Å². The Kier molecular flexibility index (Phi) is 6.74. The van der Waals surface area contributed by atoms with Crippen LogP contribution in [0.3, 0.4) is 0 Å². The molecule has 19 heavy (non-hydrogen) atoms. The summed E-state index contributed by atoms with van der Waals surface area (Å²) in [5, 5.41) is 3.17. The lowest BCUT2D eigenvalue weighted by Crippen LogP contribution is -2.34. The maximum atomic E-state index is 11.8. The minimum absolute atomic E-state index is 0.00957. The summed E-state index contributed by atoms with van der Waals surface area (Å²) in [6.07, 6.45) is 0. The molecule has 0 fully saturated rings. The van der Waals surface area contributed by atoms with Crippen molar-refractivity contribution in [1.29, 1.82) is 0 Å². The molecule has 1 amide bonds. The van der Waals surface area contributed by atoms with Gasteiger partial charge in [-0.3, -0.25) is 4.79 Å². The van der Waals surface area contributed by atoms with E-state index in [1.165, 1.54) is 0 Å². The van der Waals surface area contributed by atoms with E-state index in [9.17, 15) is 4.79 Å². The van der Waals surface area contributed by atoms with Gasteiger partial charge in [-0.2, -0.15) is 0 Å². The Bertz CT molecular complexity index is 375. The first-order valence-corrected chi connectivity index (χ1v) is 6.65. The van der Waals surface area contributed by atoms with Crippen molar-refractivity contribution in [2.24, 2.45) is 5.73 Å². The van der Waals surface area contributed by atoms with E-state index < -0.39 is 0 Å². The number of nitrogens with two attached hydrogens (primary N) is 1. The van der Waals surface area contributed by atoms with Crippen molar-refractivity contribution in [1.82, 2.24) is 4.90 Å². The predicted molar refractivity (Wildman–Crippen MR) is 77.4 cm³/mol. The first-order chi connectivity index (χ1) is 9.21. The lowest BCUT2D eigenvalue weighted by atomic mass is 10.3. The number of hydrogen-bond donors (Lipinski definition) is 2. The van der Waals surface area contributed by atoms with E-state index >= 15 is 0 Å². The summed E-state index contributed by atoms with van der Waals surface area (Å²) in [5.41, 5.74) is 6.41. The number of anilines is 1. The van der Waals surface area contributed by atoms with Crippen molar-refractivity contribution >= 4 is 11.6 Å². The van der Waals surface area contributed by atoms with Gasteiger partial charge in [0, 0.05) is 31.9 Å². The molecule has 0 aliphatic rings. The van der Waals surface area contributed by atoms with Gasteiger partial charge >= 0.3 is 0 Å². The zero-order valence-electron chi connectivity index (χ0n) is 11.7. The van der Waals surface area contributed by atoms with Crippen molar-refractivity contribution in [3.63, 3.8) is 0 Å². The highest BCUT2D eigenvalue weighted by Crippen LogP contribution is 2.15. The summed E-state index contributed by atoms with van der Waals surface area (Å²) in [4.78, 5) is 13.5. The van der Waals surface area contributed by atoms with Gasteiger partial charge in [-0.1, -0.05) is 0 Å². The summed E-state index contributed by atoms with van der Waals surface area (Å²) in [6, 6.07) is 7.50. The molecule has 3 N–H and O–H groups in total. The van der Waals surface area contributed by atoms with E-state index in [0.29, 0.717) is 25.4 Å². The lowest BCUT2D eigenvalue weighted by molar-refractivity contribution is -0.132. The maximum absolute atomic E-state index is 11.8. The molecule has 0 aliphatic carbocycles. The van der Waals surface area contributed by atoms with E-state index in [-0.39, 0.29) is 12.5 Å². The monoisotopic (exact) mass is 265 g/mol. The first kappa shape index (κ1) is 15.3. The number of carbonyl (C=O) groups is 1. The molecule has 0 saturated carbocycles. The highest BCUT2D eigenvalue weighted by Gasteiger charge is 2.09. The Hall–Kier alpha value is -1.75. The molecule has 0 atom stereocenters. The largest absolute Gasteiger partial charge is 0.484 e. The summed E-state index contributed by atoms with van der Waals surface area (Å²) < 4.78 is 5.47. The molecule has 0 bridgehead atoms. The summed E-state index contributed by atoms with van der Waals surface area (Å²) in [5.74, 6) is 0.703. The second-order valence-electron chi connectivity index (χ2n) is 4.09. The van der Waals surface area contributed by atoms with Gasteiger partial charge in [-0.25, -0.2) is 0 Å². The fourth-order valence-electron chi connectivity index (χ4n) is 1.70. The van der Waals surface area contributed by atoms with Crippen LogP contribution in [0.15, 0.2) is 24.3 Å². The fraction of sp³-hybridized carbons (Fsp3) is 0.500. The second-order valence-corrected chi connectivity index (χ2v) is 4.09. The molecule has 5 heteroatoms. The molecule has 0 radical (unpaired) electrons. The van der Waals surface area contributed by atoms with E-state index in [2.05, 4.69) is 5.32 Å². The molecule has 0 saturated heterocycles. The van der Waals surface area contributed by atoms with Crippen LogP contribution in [0.1, 0.15) is 13.8 Å². The third-order valence-corrected chi connectivity index (χ3v) is 2.81. The molecule has 0 spiro atoms. The van der Waals surface area contributed by atoms with Crippen LogP contribution in [0, 0.1) is 0 Å². The van der Waals surface area contributed by atoms with Crippen LogP contribution in [-0.4, -0.2) is 43.6 Å². The van der Waals surface area contributed by atoms with Crippen LogP contribution in [0.25, 0.3) is 0 Å². The van der Waals surface area contributed by atoms with Gasteiger partial charge in [-0.15, -0.1) is 0 Å². The number of nitrogens with zero attached hydrogens (tertiary/aromatic N) is 1. The molecular formula is C14H23N3O2. The van der Waals surface area contributed by atoms with Gasteiger partial charge in [0.05, 0.1) is 0 Å². The first-order valence-electron chi connectivity index (χ1n) is 6.65. The number of hydrogen-bond acceptors (Lipinski definition) is 4. The average molecular weight is 265 g/mol. The molecule has 1 rings (SSSR count). The van der Waals surface area contributed by atoms with E-state index in [4.69, 9.17) is 10.5 Å². The topological polar surface area (TPSA) is 67.6 Å². The third-order valence-electron chi connectivity index (χ3n) is 2.81. The van der Waals surface area contributed by atoms with Crippen LogP contribution in [0.5, 0.6) is 5.75 Å². The minimum atomic E-state index is 0.00957. The molecule has 0 heterocycles. The molecule has 0 aliphatic heterocycles. The van der Waals surface area contributed by atoms with Crippen LogP contribution in [-0.2, 0) is 4.79 Å². The molecule has 1 aromatic rings. The van der Waals surface area contributed by atoms with Crippen molar-refractivity contribution in [2.45, 2.75) is 13.8 Å². The lowest BCUT2D eigenvalue weighted by Gasteiger charge is -2.18. The predicted octanol–water partition coefficient (Wildman–Crippen LogP) is 1.30. The zero-order chi connectivity index (χ0) is 14.1.